The van der Waals surface area contributed by atoms with Gasteiger partial charge in [-0.2, -0.15) is 0 Å². The van der Waals surface area contributed by atoms with E-state index >= 15 is 0 Å². The fourth-order valence-electron chi connectivity index (χ4n) is 5.35. The van der Waals surface area contributed by atoms with E-state index < -0.39 is 53.4 Å². The van der Waals surface area contributed by atoms with Crippen LogP contribution in [0.2, 0.25) is 0 Å². The molecule has 0 aromatic carbocycles. The Hall–Kier alpha value is -1.71. The quantitative estimate of drug-likeness (QED) is 0.403. The van der Waals surface area contributed by atoms with Crippen molar-refractivity contribution in [1.29, 1.82) is 0 Å². The zero-order valence-electron chi connectivity index (χ0n) is 20.0. The fraction of sp³-hybridized carbons (Fsp3) is 0.870. The van der Waals surface area contributed by atoms with Crippen LogP contribution in [0.5, 0.6) is 0 Å². The highest BCUT2D eigenvalue weighted by molar-refractivity contribution is 6.04. The van der Waals surface area contributed by atoms with Gasteiger partial charge in [-0.05, 0) is 52.5 Å². The maximum absolute atomic E-state index is 13.5. The van der Waals surface area contributed by atoms with Gasteiger partial charge < -0.3 is 30.0 Å². The summed E-state index contributed by atoms with van der Waals surface area (Å²) in [6.45, 7) is 11.6. The van der Waals surface area contributed by atoms with Gasteiger partial charge in [0.1, 0.15) is 11.5 Å². The third kappa shape index (κ3) is 4.52. The van der Waals surface area contributed by atoms with Crippen LogP contribution in [-0.2, 0) is 23.8 Å². The van der Waals surface area contributed by atoms with Crippen molar-refractivity contribution < 1.29 is 33.7 Å². The van der Waals surface area contributed by atoms with Crippen LogP contribution >= 0.6 is 0 Å². The lowest BCUT2D eigenvalue weighted by Gasteiger charge is -2.43. The maximum atomic E-state index is 13.5. The summed E-state index contributed by atoms with van der Waals surface area (Å²) in [4.78, 5) is 38.9. The standard InChI is InChI=1S/C23H38N2O7/c1-7-15-17-16(25-21(29)32-17)14(4)24-11-12(2)10-23(6)19(27)13(3)18(26)22(5,8-9-30-23)20(28)31-15/h12-17,19,24,27H,7-11H2,1-6H3,(H,25,29)/t12-,13+,14-,15-,16-,17-,19-,22-,23+/m1/s1. The number of aliphatic hydroxyl groups is 1. The van der Waals surface area contributed by atoms with Crippen LogP contribution in [0.25, 0.3) is 0 Å². The second kappa shape index (κ2) is 9.27. The Morgan fingerprint density at radius 2 is 1.81 bits per heavy atom. The van der Waals surface area contributed by atoms with Gasteiger partial charge in [0.25, 0.3) is 0 Å². The second-order valence-electron chi connectivity index (χ2n) is 10.2. The first-order chi connectivity index (χ1) is 14.9. The number of alkyl carbamates (subject to hydrolysis) is 1. The number of Topliss-reactive ketones (excluding diaryl/α,β-unsaturated/α-hetero) is 1. The largest absolute Gasteiger partial charge is 0.458 e. The van der Waals surface area contributed by atoms with Gasteiger partial charge in [0, 0.05) is 18.6 Å². The molecular weight excluding hydrogens is 416 g/mol. The van der Waals surface area contributed by atoms with Crippen molar-refractivity contribution in [3.05, 3.63) is 0 Å². The van der Waals surface area contributed by atoms with E-state index in [4.69, 9.17) is 14.2 Å². The van der Waals surface area contributed by atoms with Crippen molar-refractivity contribution in [2.24, 2.45) is 17.3 Å². The number of ketones is 1. The van der Waals surface area contributed by atoms with E-state index in [0.717, 1.165) is 0 Å². The van der Waals surface area contributed by atoms with E-state index in [1.165, 1.54) is 0 Å². The molecule has 1 amide bonds. The summed E-state index contributed by atoms with van der Waals surface area (Å²) in [5.41, 5.74) is -2.39. The molecule has 9 heteroatoms. The topological polar surface area (TPSA) is 123 Å². The molecule has 0 aromatic rings. The van der Waals surface area contributed by atoms with E-state index in [-0.39, 0.29) is 30.8 Å². The van der Waals surface area contributed by atoms with Crippen LogP contribution in [-0.4, -0.2) is 72.1 Å². The van der Waals surface area contributed by atoms with Crippen molar-refractivity contribution in [1.82, 2.24) is 10.6 Å². The highest BCUT2D eigenvalue weighted by Crippen LogP contribution is 2.39. The van der Waals surface area contributed by atoms with Crippen molar-refractivity contribution in [2.75, 3.05) is 13.2 Å². The van der Waals surface area contributed by atoms with Crippen LogP contribution in [0, 0.1) is 17.3 Å². The minimum atomic E-state index is -1.46. The van der Waals surface area contributed by atoms with Crippen LogP contribution in [0.3, 0.4) is 0 Å². The fourth-order valence-corrected chi connectivity index (χ4v) is 5.35. The number of amides is 1. The lowest BCUT2D eigenvalue weighted by molar-refractivity contribution is -0.187. The lowest BCUT2D eigenvalue weighted by atomic mass is 9.71. The molecule has 0 aromatic heterocycles. The van der Waals surface area contributed by atoms with Crippen molar-refractivity contribution in [3.8, 4) is 0 Å². The normalized spacial score (nSPS) is 46.2. The molecule has 0 radical (unpaired) electrons. The summed E-state index contributed by atoms with van der Waals surface area (Å²) in [5.74, 6) is -1.72. The zero-order chi connectivity index (χ0) is 23.8. The molecule has 4 fully saturated rings. The molecule has 9 nitrogen and oxygen atoms in total. The van der Waals surface area contributed by atoms with Crippen LogP contribution in [0.4, 0.5) is 4.79 Å². The number of nitrogens with one attached hydrogen (secondary N) is 2. The molecule has 4 heterocycles. The van der Waals surface area contributed by atoms with Gasteiger partial charge in [0.15, 0.2) is 11.9 Å². The van der Waals surface area contributed by atoms with Gasteiger partial charge in [-0.3, -0.25) is 9.59 Å². The van der Waals surface area contributed by atoms with E-state index in [9.17, 15) is 19.5 Å². The Morgan fingerprint density at radius 3 is 2.47 bits per heavy atom. The average Bonchev–Trinajstić information content (AvgIpc) is 3.14. The Bertz CT molecular complexity index is 746. The highest BCUT2D eigenvalue weighted by Gasteiger charge is 2.53. The predicted molar refractivity (Wildman–Crippen MR) is 116 cm³/mol. The SMILES string of the molecule is CC[C@H]1OC(=O)[C@]2(C)CCO[C@@](C)(C[C@@H](C)CN[C@H](C)[C@H]3NC(=O)O[C@@H]31)[C@H](O)[C@@H](C)C2=O. The number of hydrogen-bond donors (Lipinski definition) is 3. The molecular formula is C23H38N2O7. The Morgan fingerprint density at radius 1 is 1.12 bits per heavy atom. The molecule has 4 rings (SSSR count). The summed E-state index contributed by atoms with van der Waals surface area (Å²) < 4.78 is 17.5. The third-order valence-electron chi connectivity index (χ3n) is 7.53. The van der Waals surface area contributed by atoms with E-state index in [2.05, 4.69) is 17.6 Å². The first-order valence-corrected chi connectivity index (χ1v) is 11.7. The van der Waals surface area contributed by atoms with Gasteiger partial charge in [-0.1, -0.05) is 20.8 Å². The molecule has 182 valence electrons. The third-order valence-corrected chi connectivity index (χ3v) is 7.53. The summed E-state index contributed by atoms with van der Waals surface area (Å²) >= 11 is 0. The lowest BCUT2D eigenvalue weighted by Crippen LogP contribution is -2.56. The van der Waals surface area contributed by atoms with Crippen molar-refractivity contribution >= 4 is 17.8 Å². The van der Waals surface area contributed by atoms with Gasteiger partial charge >= 0.3 is 12.1 Å². The Balaban J connectivity index is 2.01. The van der Waals surface area contributed by atoms with Crippen LogP contribution in [0.15, 0.2) is 0 Å². The molecule has 4 aliphatic heterocycles. The number of ether oxygens (including phenoxy) is 3. The molecule has 9 atom stereocenters. The molecule has 4 saturated heterocycles. The first kappa shape index (κ1) is 24.9. The molecule has 3 N–H and O–H groups in total. The van der Waals surface area contributed by atoms with E-state index in [0.29, 0.717) is 19.4 Å². The van der Waals surface area contributed by atoms with Gasteiger partial charge in [0.2, 0.25) is 0 Å². The molecule has 0 saturated carbocycles. The van der Waals surface area contributed by atoms with Gasteiger partial charge in [0.05, 0.1) is 17.7 Å². The molecule has 0 aliphatic carbocycles. The molecule has 2 bridgehead atoms. The number of carbonyl (C=O) groups excluding carboxylic acids is 3. The van der Waals surface area contributed by atoms with Crippen molar-refractivity contribution in [2.45, 2.75) is 96.8 Å². The number of hydrogen-bond acceptors (Lipinski definition) is 8. The predicted octanol–water partition coefficient (Wildman–Crippen LogP) is 1.55. The first-order valence-electron chi connectivity index (χ1n) is 11.7. The monoisotopic (exact) mass is 454 g/mol. The van der Waals surface area contributed by atoms with Gasteiger partial charge in [-0.15, -0.1) is 0 Å². The summed E-state index contributed by atoms with van der Waals surface area (Å²) in [7, 11) is 0. The number of esters is 1. The smallest absolute Gasteiger partial charge is 0.408 e. The molecule has 32 heavy (non-hydrogen) atoms. The number of fused-ring (bicyclic) bond motifs is 10. The molecule has 4 aliphatic rings. The molecule has 0 spiro atoms. The minimum Gasteiger partial charge on any atom is -0.458 e. The minimum absolute atomic E-state index is 0.117. The summed E-state index contributed by atoms with van der Waals surface area (Å²) in [5, 5.41) is 17.4. The van der Waals surface area contributed by atoms with Gasteiger partial charge in [-0.25, -0.2) is 4.79 Å². The summed E-state index contributed by atoms with van der Waals surface area (Å²) in [6.07, 6.45) is -1.88. The maximum Gasteiger partial charge on any atom is 0.408 e. The van der Waals surface area contributed by atoms with E-state index in [1.807, 2.05) is 20.8 Å². The number of rotatable bonds is 1. The van der Waals surface area contributed by atoms with E-state index in [1.54, 1.807) is 13.8 Å². The highest BCUT2D eigenvalue weighted by atomic mass is 16.6. The second-order valence-corrected chi connectivity index (χ2v) is 10.2. The molecule has 0 unspecified atom stereocenters. The van der Waals surface area contributed by atoms with Crippen LogP contribution < -0.4 is 10.6 Å². The van der Waals surface area contributed by atoms with Crippen molar-refractivity contribution in [3.63, 3.8) is 0 Å². The Kier molecular flexibility index (Phi) is 7.22. The zero-order valence-corrected chi connectivity index (χ0v) is 20.0. The number of aliphatic hydroxyl groups excluding tert-OH is 1. The Labute approximate surface area is 189 Å². The number of carbonyl (C=O) groups is 3. The summed E-state index contributed by atoms with van der Waals surface area (Å²) in [6, 6.07) is -0.544. The van der Waals surface area contributed by atoms with Crippen LogP contribution in [0.1, 0.15) is 60.8 Å². The average molecular weight is 455 g/mol.